The van der Waals surface area contributed by atoms with E-state index in [0.29, 0.717) is 22.4 Å². The van der Waals surface area contributed by atoms with Gasteiger partial charge in [0, 0.05) is 17.3 Å². The minimum absolute atomic E-state index is 0.254. The van der Waals surface area contributed by atoms with E-state index in [1.54, 1.807) is 18.3 Å². The average molecular weight is 372 g/mol. The molecule has 130 valence electrons. The number of thiazole rings is 1. The van der Waals surface area contributed by atoms with Crippen LogP contribution in [0.2, 0.25) is 0 Å². The zero-order chi connectivity index (χ0) is 18.4. The minimum atomic E-state index is -0.437. The quantitative estimate of drug-likeness (QED) is 0.367. The first kappa shape index (κ1) is 16.0. The Morgan fingerprint density at radius 3 is 2.63 bits per heavy atom. The molecule has 0 fully saturated rings. The molecule has 0 bridgehead atoms. The highest BCUT2D eigenvalue weighted by atomic mass is 32.1. The zero-order valence-electron chi connectivity index (χ0n) is 14.1. The number of hydrogen-bond acceptors (Lipinski definition) is 4. The summed E-state index contributed by atoms with van der Waals surface area (Å²) < 4.78 is 15.3. The number of aldehydes is 1. The molecule has 4 aromatic rings. The van der Waals surface area contributed by atoms with E-state index >= 15 is 0 Å². The van der Waals surface area contributed by atoms with Crippen LogP contribution in [0.4, 0.5) is 4.39 Å². The number of aromatic nitrogens is 2. The first-order valence-electron chi connectivity index (χ1n) is 8.48. The largest absolute Gasteiger partial charge is 0.298 e. The highest BCUT2D eigenvalue weighted by molar-refractivity contribution is 7.21. The van der Waals surface area contributed by atoms with E-state index in [0.717, 1.165) is 21.5 Å². The molecule has 0 amide bonds. The van der Waals surface area contributed by atoms with Crippen molar-refractivity contribution in [2.45, 2.75) is 5.41 Å². The Bertz CT molecular complexity index is 1210. The van der Waals surface area contributed by atoms with Crippen LogP contribution in [0.25, 0.3) is 20.8 Å². The minimum Gasteiger partial charge on any atom is -0.298 e. The van der Waals surface area contributed by atoms with Crippen LogP contribution in [0.3, 0.4) is 0 Å². The lowest BCUT2D eigenvalue weighted by Crippen LogP contribution is -2.12. The van der Waals surface area contributed by atoms with Gasteiger partial charge in [0.05, 0.1) is 21.3 Å². The van der Waals surface area contributed by atoms with Crippen LogP contribution in [0.15, 0.2) is 72.9 Å². The molecule has 0 unspecified atom stereocenters. The number of fused-ring (bicyclic) bond motifs is 1. The Labute approximate surface area is 158 Å². The van der Waals surface area contributed by atoms with Gasteiger partial charge in [-0.1, -0.05) is 30.4 Å². The van der Waals surface area contributed by atoms with Gasteiger partial charge in [-0.25, -0.2) is 9.37 Å². The number of carbonyl (C=O) groups excluding carboxylic acids is 1. The van der Waals surface area contributed by atoms with Crippen LogP contribution >= 0.6 is 11.3 Å². The summed E-state index contributed by atoms with van der Waals surface area (Å²) in [6.45, 7) is 0. The summed E-state index contributed by atoms with van der Waals surface area (Å²) in [6.07, 6.45) is 6.70. The molecule has 5 rings (SSSR count). The van der Waals surface area contributed by atoms with Crippen molar-refractivity contribution in [3.05, 3.63) is 95.6 Å². The molecule has 2 aromatic heterocycles. The van der Waals surface area contributed by atoms with Crippen molar-refractivity contribution in [2.24, 2.45) is 0 Å². The van der Waals surface area contributed by atoms with Gasteiger partial charge in [-0.05, 0) is 42.0 Å². The van der Waals surface area contributed by atoms with E-state index in [1.807, 2.05) is 30.3 Å². The van der Waals surface area contributed by atoms with E-state index < -0.39 is 5.82 Å². The Hall–Kier alpha value is -3.18. The number of rotatable bonds is 4. The van der Waals surface area contributed by atoms with Gasteiger partial charge in [0.2, 0.25) is 0 Å². The Kier molecular flexibility index (Phi) is 3.52. The summed E-state index contributed by atoms with van der Waals surface area (Å²) in [5.41, 5.74) is 3.42. The van der Waals surface area contributed by atoms with Crippen molar-refractivity contribution >= 4 is 27.8 Å². The van der Waals surface area contributed by atoms with Crippen LogP contribution in [0.1, 0.15) is 21.6 Å². The van der Waals surface area contributed by atoms with E-state index in [2.05, 4.69) is 28.2 Å². The third kappa shape index (κ3) is 2.59. The third-order valence-corrected chi connectivity index (χ3v) is 5.87. The van der Waals surface area contributed by atoms with Crippen molar-refractivity contribution in [1.82, 2.24) is 9.97 Å². The molecule has 1 aliphatic carbocycles. The molecular formula is C22H13FN2OS. The Morgan fingerprint density at radius 1 is 1.04 bits per heavy atom. The van der Waals surface area contributed by atoms with Gasteiger partial charge in [0.15, 0.2) is 0 Å². The standard InChI is InChI=1S/C22H13FN2OS/c23-17-11-14(13-26)4-6-16(17)21-25-18-7-5-15(12-19(18)27-21)22(8-9-22)20-3-1-2-10-24-20/h1-13H. The molecule has 3 nitrogen and oxygen atoms in total. The maximum Gasteiger partial charge on any atom is 0.150 e. The fraction of sp³-hybridized carbons (Fsp3) is 0.0455. The smallest absolute Gasteiger partial charge is 0.150 e. The van der Waals surface area contributed by atoms with Gasteiger partial charge in [-0.3, -0.25) is 9.78 Å². The highest BCUT2D eigenvalue weighted by Gasteiger charge is 2.39. The summed E-state index contributed by atoms with van der Waals surface area (Å²) in [7, 11) is 0. The van der Waals surface area contributed by atoms with E-state index in [-0.39, 0.29) is 5.41 Å². The number of hydrogen-bond donors (Lipinski definition) is 0. The second-order valence-electron chi connectivity index (χ2n) is 6.48. The maximum atomic E-state index is 14.3. The van der Waals surface area contributed by atoms with Crippen LogP contribution in [0, 0.1) is 5.82 Å². The van der Waals surface area contributed by atoms with Crippen LogP contribution in [-0.2, 0) is 5.41 Å². The van der Waals surface area contributed by atoms with Crippen molar-refractivity contribution < 1.29 is 9.18 Å². The van der Waals surface area contributed by atoms with Gasteiger partial charge >= 0.3 is 0 Å². The molecular weight excluding hydrogens is 359 g/mol. The van der Waals surface area contributed by atoms with Gasteiger partial charge in [-0.2, -0.15) is 0 Å². The molecule has 2 heterocycles. The molecule has 0 spiro atoms. The SMILES string of the molecule is O=Cc1ccc(-c2nc3ccc(C4(c5ccccn5)C=C4)cc3s2)c(F)c1. The Morgan fingerprint density at radius 2 is 1.93 bits per heavy atom. The topological polar surface area (TPSA) is 42.9 Å². The molecule has 5 heteroatoms. The van der Waals surface area contributed by atoms with Crippen molar-refractivity contribution in [1.29, 1.82) is 0 Å². The van der Waals surface area contributed by atoms with Crippen molar-refractivity contribution in [3.63, 3.8) is 0 Å². The number of benzene rings is 2. The van der Waals surface area contributed by atoms with Gasteiger partial charge in [0.1, 0.15) is 17.1 Å². The summed E-state index contributed by atoms with van der Waals surface area (Å²) in [5, 5.41) is 0.604. The molecule has 0 saturated heterocycles. The van der Waals surface area contributed by atoms with Crippen LogP contribution in [0.5, 0.6) is 0 Å². The summed E-state index contributed by atoms with van der Waals surface area (Å²) in [5.74, 6) is -0.437. The predicted octanol–water partition coefficient (Wildman–Crippen LogP) is 5.17. The molecule has 1 aliphatic rings. The Balaban J connectivity index is 1.57. The first-order valence-corrected chi connectivity index (χ1v) is 9.29. The summed E-state index contributed by atoms with van der Waals surface area (Å²) in [4.78, 5) is 19.9. The number of pyridine rings is 1. The first-order chi connectivity index (χ1) is 13.2. The molecule has 0 aliphatic heterocycles. The lowest BCUT2D eigenvalue weighted by Gasteiger charge is -2.15. The monoisotopic (exact) mass is 372 g/mol. The van der Waals surface area contributed by atoms with E-state index in [1.165, 1.54) is 17.4 Å². The number of carbonyl (C=O) groups is 1. The van der Waals surface area contributed by atoms with Crippen LogP contribution in [-0.4, -0.2) is 16.3 Å². The molecule has 2 aromatic carbocycles. The van der Waals surface area contributed by atoms with Crippen LogP contribution < -0.4 is 0 Å². The lowest BCUT2D eigenvalue weighted by atomic mass is 9.89. The third-order valence-electron chi connectivity index (χ3n) is 4.81. The van der Waals surface area contributed by atoms with E-state index in [9.17, 15) is 9.18 Å². The molecule has 27 heavy (non-hydrogen) atoms. The average Bonchev–Trinajstić information content (AvgIpc) is 3.41. The molecule has 0 N–H and O–H groups in total. The number of nitrogens with zero attached hydrogens (tertiary/aromatic N) is 2. The molecule has 0 atom stereocenters. The zero-order valence-corrected chi connectivity index (χ0v) is 14.9. The molecule has 0 saturated carbocycles. The highest BCUT2D eigenvalue weighted by Crippen LogP contribution is 2.45. The second-order valence-corrected chi connectivity index (χ2v) is 7.51. The fourth-order valence-corrected chi connectivity index (χ4v) is 4.31. The van der Waals surface area contributed by atoms with Gasteiger partial charge in [-0.15, -0.1) is 11.3 Å². The van der Waals surface area contributed by atoms with Crippen molar-refractivity contribution in [3.8, 4) is 10.6 Å². The predicted molar refractivity (Wildman–Crippen MR) is 105 cm³/mol. The molecule has 0 radical (unpaired) electrons. The summed E-state index contributed by atoms with van der Waals surface area (Å²) in [6, 6.07) is 16.5. The normalized spacial score (nSPS) is 14.4. The number of halogens is 1. The van der Waals surface area contributed by atoms with Gasteiger partial charge < -0.3 is 0 Å². The van der Waals surface area contributed by atoms with Crippen molar-refractivity contribution in [2.75, 3.05) is 0 Å². The number of allylic oxidation sites excluding steroid dienone is 2. The van der Waals surface area contributed by atoms with Gasteiger partial charge in [0.25, 0.3) is 0 Å². The van der Waals surface area contributed by atoms with E-state index in [4.69, 9.17) is 0 Å². The maximum absolute atomic E-state index is 14.3. The summed E-state index contributed by atoms with van der Waals surface area (Å²) >= 11 is 1.44. The fourth-order valence-electron chi connectivity index (χ4n) is 3.28. The lowest BCUT2D eigenvalue weighted by molar-refractivity contribution is 0.112. The second kappa shape index (κ2) is 5.93.